The van der Waals surface area contributed by atoms with Gasteiger partial charge in [0.25, 0.3) is 0 Å². The predicted molar refractivity (Wildman–Crippen MR) is 63.9 cm³/mol. The first-order valence-electron chi connectivity index (χ1n) is 4.59. The molecule has 0 saturated heterocycles. The first-order chi connectivity index (χ1) is 7.61. The minimum Gasteiger partial charge on any atom is -0.396 e. The zero-order valence-electron chi connectivity index (χ0n) is 8.18. The van der Waals surface area contributed by atoms with Crippen LogP contribution >= 0.6 is 15.9 Å². The van der Waals surface area contributed by atoms with Crippen molar-refractivity contribution in [2.45, 2.75) is 0 Å². The zero-order valence-corrected chi connectivity index (χ0v) is 9.76. The van der Waals surface area contributed by atoms with E-state index < -0.39 is 11.6 Å². The molecule has 0 aromatic heterocycles. The number of hydrogen-bond acceptors (Lipinski definition) is 1. The lowest BCUT2D eigenvalue weighted by molar-refractivity contribution is 0.614. The fraction of sp³-hybridized carbons (Fsp3) is 0. The summed E-state index contributed by atoms with van der Waals surface area (Å²) in [7, 11) is 0. The van der Waals surface area contributed by atoms with Gasteiger partial charge in [0.15, 0.2) is 5.82 Å². The van der Waals surface area contributed by atoms with Gasteiger partial charge in [-0.15, -0.1) is 0 Å². The number of anilines is 1. The lowest BCUT2D eigenvalue weighted by Crippen LogP contribution is -1.95. The van der Waals surface area contributed by atoms with E-state index in [0.717, 1.165) is 0 Å². The fourth-order valence-electron chi connectivity index (χ4n) is 1.47. The maximum Gasteiger partial charge on any atom is 0.153 e. The maximum atomic E-state index is 13.7. The molecule has 0 fully saturated rings. The van der Waals surface area contributed by atoms with Crippen LogP contribution in [0.2, 0.25) is 0 Å². The Kier molecular flexibility index (Phi) is 2.92. The second-order valence-electron chi connectivity index (χ2n) is 3.31. The largest absolute Gasteiger partial charge is 0.396 e. The van der Waals surface area contributed by atoms with Crippen molar-refractivity contribution in [3.8, 4) is 11.1 Å². The third-order valence-electron chi connectivity index (χ3n) is 2.27. The van der Waals surface area contributed by atoms with Gasteiger partial charge in [0.2, 0.25) is 0 Å². The molecular weight excluding hydrogens is 276 g/mol. The highest BCUT2D eigenvalue weighted by atomic mass is 79.9. The lowest BCUT2D eigenvalue weighted by Gasteiger charge is -2.07. The van der Waals surface area contributed by atoms with Crippen LogP contribution in [0.15, 0.2) is 40.9 Å². The van der Waals surface area contributed by atoms with Crippen LogP contribution in [0.4, 0.5) is 14.5 Å². The van der Waals surface area contributed by atoms with Gasteiger partial charge in [-0.2, -0.15) is 0 Å². The van der Waals surface area contributed by atoms with Gasteiger partial charge >= 0.3 is 0 Å². The number of benzene rings is 2. The maximum absolute atomic E-state index is 13.7. The molecule has 1 nitrogen and oxygen atoms in total. The van der Waals surface area contributed by atoms with E-state index in [2.05, 4.69) is 15.9 Å². The second kappa shape index (κ2) is 4.22. The predicted octanol–water partition coefficient (Wildman–Crippen LogP) is 3.98. The van der Waals surface area contributed by atoms with Crippen LogP contribution in [0.5, 0.6) is 0 Å². The average Bonchev–Trinajstić information content (AvgIpc) is 2.27. The summed E-state index contributed by atoms with van der Waals surface area (Å²) in [6.45, 7) is 0. The molecule has 0 aliphatic carbocycles. The molecule has 0 amide bonds. The van der Waals surface area contributed by atoms with Crippen LogP contribution < -0.4 is 5.73 Å². The van der Waals surface area contributed by atoms with Gasteiger partial charge in [0.1, 0.15) is 5.82 Å². The average molecular weight is 284 g/mol. The Morgan fingerprint density at radius 3 is 2.12 bits per heavy atom. The van der Waals surface area contributed by atoms with Gasteiger partial charge in [0, 0.05) is 11.1 Å². The summed E-state index contributed by atoms with van der Waals surface area (Å²) in [5.41, 5.74) is 5.81. The fourth-order valence-corrected chi connectivity index (χ4v) is 1.84. The van der Waals surface area contributed by atoms with Gasteiger partial charge in [-0.3, -0.25) is 0 Å². The molecule has 0 bridgehead atoms. The standard InChI is InChI=1S/C12H8BrF2N/c13-9-5-1-3-7(11(9)14)8-4-2-6-10(16)12(8)15/h1-6H,16H2. The highest BCUT2D eigenvalue weighted by molar-refractivity contribution is 9.10. The summed E-state index contributed by atoms with van der Waals surface area (Å²) >= 11 is 3.06. The highest BCUT2D eigenvalue weighted by Crippen LogP contribution is 2.31. The number of hydrogen-bond donors (Lipinski definition) is 1. The van der Waals surface area contributed by atoms with Gasteiger partial charge in [-0.1, -0.05) is 24.3 Å². The van der Waals surface area contributed by atoms with Crippen molar-refractivity contribution >= 4 is 21.6 Å². The highest BCUT2D eigenvalue weighted by Gasteiger charge is 2.13. The topological polar surface area (TPSA) is 26.0 Å². The second-order valence-corrected chi connectivity index (χ2v) is 4.16. The van der Waals surface area contributed by atoms with Crippen LogP contribution in [0.25, 0.3) is 11.1 Å². The number of halogens is 3. The van der Waals surface area contributed by atoms with Crippen LogP contribution in [-0.2, 0) is 0 Å². The zero-order chi connectivity index (χ0) is 11.7. The molecule has 2 rings (SSSR count). The molecule has 82 valence electrons. The van der Waals surface area contributed by atoms with E-state index >= 15 is 0 Å². The van der Waals surface area contributed by atoms with Crippen LogP contribution in [-0.4, -0.2) is 0 Å². The number of nitrogens with two attached hydrogens (primary N) is 1. The van der Waals surface area contributed by atoms with Crippen LogP contribution in [0.1, 0.15) is 0 Å². The van der Waals surface area contributed by atoms with Gasteiger partial charge < -0.3 is 5.73 Å². The molecular formula is C12H8BrF2N. The number of rotatable bonds is 1. The summed E-state index contributed by atoms with van der Waals surface area (Å²) in [5, 5.41) is 0. The molecule has 2 aromatic rings. The van der Waals surface area contributed by atoms with Crippen molar-refractivity contribution in [3.63, 3.8) is 0 Å². The first-order valence-corrected chi connectivity index (χ1v) is 5.39. The third-order valence-corrected chi connectivity index (χ3v) is 2.88. The SMILES string of the molecule is Nc1cccc(-c2cccc(Br)c2F)c1F. The smallest absolute Gasteiger partial charge is 0.153 e. The Labute approximate surface area is 100 Å². The molecule has 0 saturated carbocycles. The molecule has 2 N–H and O–H groups in total. The summed E-state index contributed by atoms with van der Waals surface area (Å²) < 4.78 is 27.7. The molecule has 0 heterocycles. The van der Waals surface area contributed by atoms with E-state index in [1.807, 2.05) is 0 Å². The summed E-state index contributed by atoms with van der Waals surface area (Å²) in [4.78, 5) is 0. The van der Waals surface area contributed by atoms with Crippen molar-refractivity contribution in [1.29, 1.82) is 0 Å². The Balaban J connectivity index is 2.68. The Bertz CT molecular complexity index is 491. The molecule has 4 heteroatoms. The minimum absolute atomic E-state index is 0.0110. The monoisotopic (exact) mass is 283 g/mol. The lowest BCUT2D eigenvalue weighted by atomic mass is 10.0. The van der Waals surface area contributed by atoms with E-state index in [4.69, 9.17) is 5.73 Å². The van der Waals surface area contributed by atoms with Gasteiger partial charge in [0.05, 0.1) is 10.2 Å². The van der Waals surface area contributed by atoms with E-state index in [-0.39, 0.29) is 16.8 Å². The van der Waals surface area contributed by atoms with E-state index in [0.29, 0.717) is 4.47 Å². The number of nitrogen functional groups attached to an aromatic ring is 1. The molecule has 0 aliphatic heterocycles. The van der Waals surface area contributed by atoms with Crippen LogP contribution in [0, 0.1) is 11.6 Å². The molecule has 0 radical (unpaired) electrons. The Morgan fingerprint density at radius 2 is 1.44 bits per heavy atom. The Hall–Kier alpha value is -1.42. The molecule has 0 unspecified atom stereocenters. The van der Waals surface area contributed by atoms with Crippen molar-refractivity contribution < 1.29 is 8.78 Å². The summed E-state index contributed by atoms with van der Waals surface area (Å²) in [6, 6.07) is 9.24. The molecule has 0 spiro atoms. The summed E-state index contributed by atoms with van der Waals surface area (Å²) in [5.74, 6) is -1.09. The third kappa shape index (κ3) is 1.80. The van der Waals surface area contributed by atoms with Crippen molar-refractivity contribution in [2.75, 3.05) is 5.73 Å². The first kappa shape index (κ1) is 11.1. The van der Waals surface area contributed by atoms with Crippen molar-refractivity contribution in [2.24, 2.45) is 0 Å². The van der Waals surface area contributed by atoms with Crippen LogP contribution in [0.3, 0.4) is 0 Å². The molecule has 2 aromatic carbocycles. The molecule has 0 atom stereocenters. The van der Waals surface area contributed by atoms with Gasteiger partial charge in [-0.05, 0) is 28.1 Å². The minimum atomic E-state index is -0.598. The summed E-state index contributed by atoms with van der Waals surface area (Å²) in [6.07, 6.45) is 0. The normalized spacial score (nSPS) is 10.4. The van der Waals surface area contributed by atoms with Crippen molar-refractivity contribution in [3.05, 3.63) is 52.5 Å². The quantitative estimate of drug-likeness (QED) is 0.788. The molecule has 0 aliphatic rings. The van der Waals surface area contributed by atoms with Crippen molar-refractivity contribution in [1.82, 2.24) is 0 Å². The van der Waals surface area contributed by atoms with E-state index in [1.54, 1.807) is 18.2 Å². The van der Waals surface area contributed by atoms with E-state index in [9.17, 15) is 8.78 Å². The van der Waals surface area contributed by atoms with Gasteiger partial charge in [-0.25, -0.2) is 8.78 Å². The molecule has 16 heavy (non-hydrogen) atoms. The van der Waals surface area contributed by atoms with E-state index in [1.165, 1.54) is 18.2 Å². The Morgan fingerprint density at radius 1 is 0.875 bits per heavy atom.